The molecule has 7 heteroatoms. The Morgan fingerprint density at radius 3 is 2.60 bits per heavy atom. The third-order valence-electron chi connectivity index (χ3n) is 6.23. The predicted octanol–water partition coefficient (Wildman–Crippen LogP) is 3.51. The number of hydrogen-bond acceptors (Lipinski definition) is 5. The lowest BCUT2D eigenvalue weighted by molar-refractivity contribution is -0.141. The Morgan fingerprint density at radius 1 is 1.07 bits per heavy atom. The van der Waals surface area contributed by atoms with Crippen molar-refractivity contribution in [1.82, 2.24) is 15.6 Å². The molecular weight excluding hydrogens is 398 g/mol. The van der Waals surface area contributed by atoms with Gasteiger partial charge in [-0.1, -0.05) is 6.07 Å². The summed E-state index contributed by atoms with van der Waals surface area (Å²) in [7, 11) is 0. The highest BCUT2D eigenvalue weighted by molar-refractivity contribution is 7.16. The number of carbonyl (C=O) groups excluding carboxylic acids is 2. The topological polar surface area (TPSA) is 80.3 Å². The summed E-state index contributed by atoms with van der Waals surface area (Å²) in [5.74, 6) is 0.471. The number of hydrogen-bond donors (Lipinski definition) is 2. The number of amides is 2. The van der Waals surface area contributed by atoms with E-state index < -0.39 is 0 Å². The molecule has 0 spiro atoms. The maximum Gasteiger partial charge on any atom is 0.258 e. The van der Waals surface area contributed by atoms with E-state index in [0.29, 0.717) is 11.3 Å². The van der Waals surface area contributed by atoms with Crippen molar-refractivity contribution in [2.75, 3.05) is 6.61 Å². The average Bonchev–Trinajstić information content (AvgIpc) is 3.14. The van der Waals surface area contributed by atoms with Gasteiger partial charge >= 0.3 is 0 Å². The Balaban J connectivity index is 1.11. The molecule has 3 saturated carbocycles. The Labute approximate surface area is 178 Å². The van der Waals surface area contributed by atoms with Crippen molar-refractivity contribution in [2.24, 2.45) is 0 Å². The molecule has 3 aliphatic rings. The van der Waals surface area contributed by atoms with Crippen LogP contribution in [-0.4, -0.2) is 34.5 Å². The third-order valence-corrected chi connectivity index (χ3v) is 7.07. The number of fused-ring (bicyclic) bond motifs is 1. The molecule has 3 fully saturated rings. The molecule has 0 saturated heterocycles. The minimum atomic E-state index is -0.205. The van der Waals surface area contributed by atoms with Gasteiger partial charge in [0.15, 0.2) is 6.61 Å². The van der Waals surface area contributed by atoms with Crippen molar-refractivity contribution in [3.05, 3.63) is 58.6 Å². The molecule has 2 bridgehead atoms. The highest BCUT2D eigenvalue weighted by Gasteiger charge is 2.69. The van der Waals surface area contributed by atoms with Gasteiger partial charge in [-0.05, 0) is 73.9 Å². The SMILES string of the molecule is Cc1ccc(OCC(=O)NC23CC(NC(=O)c4cnc5sccc5c4)(C2)C3)cc1C. The molecule has 6 rings (SSSR count). The molecule has 0 unspecified atom stereocenters. The number of benzene rings is 1. The van der Waals surface area contributed by atoms with Gasteiger partial charge in [-0.25, -0.2) is 4.98 Å². The van der Waals surface area contributed by atoms with Crippen LogP contribution < -0.4 is 15.4 Å². The van der Waals surface area contributed by atoms with Crippen LogP contribution in [0.3, 0.4) is 0 Å². The zero-order chi connectivity index (χ0) is 20.9. The van der Waals surface area contributed by atoms with Crippen molar-refractivity contribution in [2.45, 2.75) is 44.2 Å². The molecule has 2 aromatic heterocycles. The summed E-state index contributed by atoms with van der Waals surface area (Å²) >= 11 is 1.56. The van der Waals surface area contributed by atoms with Gasteiger partial charge in [0.25, 0.3) is 11.8 Å². The maximum atomic E-state index is 12.6. The molecule has 3 aliphatic carbocycles. The molecule has 2 amide bonds. The smallest absolute Gasteiger partial charge is 0.258 e. The summed E-state index contributed by atoms with van der Waals surface area (Å²) < 4.78 is 5.62. The van der Waals surface area contributed by atoms with Crippen LogP contribution in [-0.2, 0) is 4.79 Å². The van der Waals surface area contributed by atoms with Crippen molar-refractivity contribution < 1.29 is 14.3 Å². The number of thiophene rings is 1. The number of rotatable bonds is 6. The highest BCUT2D eigenvalue weighted by Crippen LogP contribution is 2.60. The largest absolute Gasteiger partial charge is 0.484 e. The summed E-state index contributed by atoms with van der Waals surface area (Å²) in [5.41, 5.74) is 2.50. The third kappa shape index (κ3) is 3.33. The summed E-state index contributed by atoms with van der Waals surface area (Å²) in [5, 5.41) is 9.18. The Bertz CT molecular complexity index is 1150. The van der Waals surface area contributed by atoms with Crippen LogP contribution in [0.25, 0.3) is 10.2 Å². The van der Waals surface area contributed by atoms with Crippen LogP contribution in [0.1, 0.15) is 40.7 Å². The number of pyridine rings is 1. The van der Waals surface area contributed by atoms with Gasteiger partial charge in [-0.15, -0.1) is 11.3 Å². The molecule has 1 aromatic carbocycles. The van der Waals surface area contributed by atoms with E-state index in [9.17, 15) is 9.59 Å². The Morgan fingerprint density at radius 2 is 1.83 bits per heavy atom. The van der Waals surface area contributed by atoms with Gasteiger partial charge < -0.3 is 15.4 Å². The van der Waals surface area contributed by atoms with E-state index in [2.05, 4.69) is 15.6 Å². The fourth-order valence-electron chi connectivity index (χ4n) is 4.63. The first-order valence-corrected chi connectivity index (χ1v) is 10.9. The van der Waals surface area contributed by atoms with E-state index >= 15 is 0 Å². The molecule has 0 radical (unpaired) electrons. The van der Waals surface area contributed by atoms with E-state index in [1.54, 1.807) is 17.5 Å². The summed E-state index contributed by atoms with van der Waals surface area (Å²) in [4.78, 5) is 30.2. The first-order valence-electron chi connectivity index (χ1n) is 10.0. The number of nitrogens with zero attached hydrogens (tertiary/aromatic N) is 1. The monoisotopic (exact) mass is 421 g/mol. The quantitative estimate of drug-likeness (QED) is 0.638. The minimum Gasteiger partial charge on any atom is -0.484 e. The van der Waals surface area contributed by atoms with Crippen LogP contribution >= 0.6 is 11.3 Å². The molecule has 0 atom stereocenters. The summed E-state index contributed by atoms with van der Waals surface area (Å²) in [6, 6.07) is 9.65. The number of aromatic nitrogens is 1. The second-order valence-electron chi connectivity index (χ2n) is 8.67. The van der Waals surface area contributed by atoms with Crippen molar-refractivity contribution in [1.29, 1.82) is 0 Å². The predicted molar refractivity (Wildman–Crippen MR) is 116 cm³/mol. The standard InChI is InChI=1S/C23H23N3O3S/c1-14-3-4-18(7-15(14)2)29-10-19(27)25-22-11-23(12-22,13-22)26-20(28)17-8-16-5-6-30-21(16)24-9-17/h3-9H,10-13H2,1-2H3,(H,25,27)(H,26,28). The van der Waals surface area contributed by atoms with Crippen molar-refractivity contribution in [3.8, 4) is 5.75 Å². The molecule has 2 N–H and O–H groups in total. The van der Waals surface area contributed by atoms with Gasteiger partial charge in [0.05, 0.1) is 5.56 Å². The first kappa shape index (κ1) is 19.1. The number of ether oxygens (including phenoxy) is 1. The van der Waals surface area contributed by atoms with Gasteiger partial charge in [-0.3, -0.25) is 9.59 Å². The molecule has 6 nitrogen and oxygen atoms in total. The Kier molecular flexibility index (Phi) is 4.32. The van der Waals surface area contributed by atoms with Gasteiger partial charge in [-0.2, -0.15) is 0 Å². The summed E-state index contributed by atoms with van der Waals surface area (Å²) in [6.07, 6.45) is 3.90. The van der Waals surface area contributed by atoms with Crippen molar-refractivity contribution in [3.63, 3.8) is 0 Å². The fourth-order valence-corrected chi connectivity index (χ4v) is 5.35. The molecule has 2 heterocycles. The zero-order valence-electron chi connectivity index (χ0n) is 17.0. The minimum absolute atomic E-state index is 0.00403. The van der Waals surface area contributed by atoms with Crippen LogP contribution in [0.4, 0.5) is 0 Å². The van der Waals surface area contributed by atoms with E-state index in [1.165, 1.54) is 5.56 Å². The van der Waals surface area contributed by atoms with E-state index in [4.69, 9.17) is 4.74 Å². The lowest BCUT2D eigenvalue weighted by Gasteiger charge is -2.70. The van der Waals surface area contributed by atoms with Gasteiger partial charge in [0, 0.05) is 22.7 Å². The number of nitrogens with one attached hydrogen (secondary N) is 2. The maximum absolute atomic E-state index is 12.6. The fraction of sp³-hybridized carbons (Fsp3) is 0.348. The second kappa shape index (κ2) is 6.80. The molecule has 0 aliphatic heterocycles. The zero-order valence-corrected chi connectivity index (χ0v) is 17.8. The van der Waals surface area contributed by atoms with Gasteiger partial charge in [0.2, 0.25) is 0 Å². The highest BCUT2D eigenvalue weighted by atomic mass is 32.1. The van der Waals surface area contributed by atoms with E-state index in [0.717, 1.165) is 35.0 Å². The Hall–Kier alpha value is -2.93. The van der Waals surface area contributed by atoms with Crippen LogP contribution in [0.5, 0.6) is 5.75 Å². The normalized spacial score (nSPS) is 23.9. The average molecular weight is 422 g/mol. The number of aryl methyl sites for hydroxylation is 2. The van der Waals surface area contributed by atoms with E-state index in [-0.39, 0.29) is 29.5 Å². The number of carbonyl (C=O) groups is 2. The van der Waals surface area contributed by atoms with Crippen LogP contribution in [0, 0.1) is 13.8 Å². The second-order valence-corrected chi connectivity index (χ2v) is 9.56. The van der Waals surface area contributed by atoms with Crippen LogP contribution in [0.2, 0.25) is 0 Å². The first-order chi connectivity index (χ1) is 14.4. The van der Waals surface area contributed by atoms with Crippen molar-refractivity contribution >= 4 is 33.4 Å². The lowest BCUT2D eigenvalue weighted by Crippen LogP contribution is -2.84. The molecular formula is C23H23N3O3S. The molecule has 154 valence electrons. The van der Waals surface area contributed by atoms with Gasteiger partial charge in [0.1, 0.15) is 10.6 Å². The van der Waals surface area contributed by atoms with Crippen LogP contribution in [0.15, 0.2) is 41.9 Å². The lowest BCUT2D eigenvalue weighted by atomic mass is 9.44. The van der Waals surface area contributed by atoms with E-state index in [1.807, 2.05) is 49.6 Å². The molecule has 3 aromatic rings. The summed E-state index contributed by atoms with van der Waals surface area (Å²) in [6.45, 7) is 4.06. The molecule has 30 heavy (non-hydrogen) atoms.